The van der Waals surface area contributed by atoms with E-state index < -0.39 is 6.04 Å². The minimum atomic E-state index is -0.422. The predicted molar refractivity (Wildman–Crippen MR) is 75.2 cm³/mol. The van der Waals surface area contributed by atoms with E-state index in [2.05, 4.69) is 34.8 Å². The first-order valence-electron chi connectivity index (χ1n) is 6.79. The number of nitrogens with zero attached hydrogens (tertiary/aromatic N) is 1. The summed E-state index contributed by atoms with van der Waals surface area (Å²) < 4.78 is 0. The maximum absolute atomic E-state index is 11.7. The van der Waals surface area contributed by atoms with Crippen molar-refractivity contribution in [3.05, 3.63) is 0 Å². The summed E-state index contributed by atoms with van der Waals surface area (Å²) >= 11 is 0. The Kier molecular flexibility index (Phi) is 6.49. The van der Waals surface area contributed by atoms with Gasteiger partial charge in [0.05, 0.1) is 13.1 Å². The Labute approximate surface area is 114 Å². The first-order chi connectivity index (χ1) is 8.99. The maximum Gasteiger partial charge on any atom is 0.243 e. The second kappa shape index (κ2) is 7.89. The summed E-state index contributed by atoms with van der Waals surface area (Å²) in [6.07, 6.45) is 2.51. The molecule has 0 aromatic heterocycles. The molecule has 1 aliphatic heterocycles. The van der Waals surface area contributed by atoms with Crippen molar-refractivity contribution in [3.8, 4) is 0 Å². The highest BCUT2D eigenvalue weighted by Gasteiger charge is 2.18. The zero-order valence-electron chi connectivity index (χ0n) is 11.9. The lowest BCUT2D eigenvalue weighted by molar-refractivity contribution is -0.126. The van der Waals surface area contributed by atoms with Crippen LogP contribution in [0.1, 0.15) is 27.2 Å². The third-order valence-corrected chi connectivity index (χ3v) is 2.80. The summed E-state index contributed by atoms with van der Waals surface area (Å²) in [7, 11) is 0. The smallest absolute Gasteiger partial charge is 0.243 e. The molecule has 0 bridgehead atoms. The van der Waals surface area contributed by atoms with Gasteiger partial charge in [-0.15, -0.1) is 0 Å². The van der Waals surface area contributed by atoms with Gasteiger partial charge in [0.2, 0.25) is 11.8 Å². The SMILES string of the molecule is CC(C)CC(C)NC(=O)CNC(=O)C1C=NCCN1. The Morgan fingerprint density at radius 2 is 2.16 bits per heavy atom. The van der Waals surface area contributed by atoms with E-state index in [1.54, 1.807) is 6.21 Å². The van der Waals surface area contributed by atoms with Gasteiger partial charge in [0.15, 0.2) is 0 Å². The molecule has 1 heterocycles. The van der Waals surface area contributed by atoms with E-state index >= 15 is 0 Å². The Balaban J connectivity index is 2.24. The number of nitrogens with one attached hydrogen (secondary N) is 3. The van der Waals surface area contributed by atoms with Gasteiger partial charge in [-0.3, -0.25) is 19.9 Å². The van der Waals surface area contributed by atoms with E-state index in [-0.39, 0.29) is 24.4 Å². The minimum absolute atomic E-state index is 0.00723. The van der Waals surface area contributed by atoms with Crippen LogP contribution in [0.15, 0.2) is 4.99 Å². The fourth-order valence-corrected chi connectivity index (χ4v) is 2.05. The van der Waals surface area contributed by atoms with Crippen molar-refractivity contribution in [2.45, 2.75) is 39.3 Å². The van der Waals surface area contributed by atoms with Gasteiger partial charge in [-0.05, 0) is 19.3 Å². The molecule has 19 heavy (non-hydrogen) atoms. The molecule has 6 heteroatoms. The van der Waals surface area contributed by atoms with Gasteiger partial charge in [-0.1, -0.05) is 13.8 Å². The molecular formula is C13H24N4O2. The molecule has 0 aromatic rings. The molecule has 0 aromatic carbocycles. The van der Waals surface area contributed by atoms with E-state index in [0.29, 0.717) is 19.0 Å². The maximum atomic E-state index is 11.7. The van der Waals surface area contributed by atoms with Crippen LogP contribution in [0.3, 0.4) is 0 Å². The minimum Gasteiger partial charge on any atom is -0.352 e. The molecule has 0 saturated heterocycles. The fraction of sp³-hybridized carbons (Fsp3) is 0.769. The van der Waals surface area contributed by atoms with E-state index in [4.69, 9.17) is 0 Å². The average molecular weight is 268 g/mol. The molecule has 0 saturated carbocycles. The molecular weight excluding hydrogens is 244 g/mol. The average Bonchev–Trinajstić information content (AvgIpc) is 2.36. The topological polar surface area (TPSA) is 82.6 Å². The van der Waals surface area contributed by atoms with Crippen molar-refractivity contribution in [1.29, 1.82) is 0 Å². The van der Waals surface area contributed by atoms with Gasteiger partial charge in [0, 0.05) is 18.8 Å². The molecule has 1 rings (SSSR count). The van der Waals surface area contributed by atoms with E-state index in [1.165, 1.54) is 0 Å². The lowest BCUT2D eigenvalue weighted by Gasteiger charge is -2.18. The zero-order chi connectivity index (χ0) is 14.3. The standard InChI is InChI=1S/C13H24N4O2/c1-9(2)6-10(3)17-12(18)8-16-13(19)11-7-14-4-5-15-11/h7,9-11,15H,4-6,8H2,1-3H3,(H,16,19)(H,17,18). The number of carbonyl (C=O) groups is 2. The number of amides is 2. The van der Waals surface area contributed by atoms with E-state index in [9.17, 15) is 9.59 Å². The van der Waals surface area contributed by atoms with Crippen molar-refractivity contribution < 1.29 is 9.59 Å². The largest absolute Gasteiger partial charge is 0.352 e. The van der Waals surface area contributed by atoms with Crippen molar-refractivity contribution in [3.63, 3.8) is 0 Å². The zero-order valence-corrected chi connectivity index (χ0v) is 11.9. The summed E-state index contributed by atoms with van der Waals surface area (Å²) in [5.74, 6) is 0.164. The fourth-order valence-electron chi connectivity index (χ4n) is 2.05. The Morgan fingerprint density at radius 1 is 1.42 bits per heavy atom. The van der Waals surface area contributed by atoms with Crippen LogP contribution < -0.4 is 16.0 Å². The van der Waals surface area contributed by atoms with Gasteiger partial charge in [0.1, 0.15) is 6.04 Å². The lowest BCUT2D eigenvalue weighted by atomic mass is 10.1. The first kappa shape index (κ1) is 15.6. The quantitative estimate of drug-likeness (QED) is 0.618. The molecule has 0 fully saturated rings. The Morgan fingerprint density at radius 3 is 2.74 bits per heavy atom. The Bertz CT molecular complexity index is 342. The number of carbonyl (C=O) groups excluding carboxylic acids is 2. The summed E-state index contributed by atoms with van der Waals surface area (Å²) in [5.41, 5.74) is 0. The van der Waals surface area contributed by atoms with Gasteiger partial charge in [-0.25, -0.2) is 0 Å². The second-order valence-electron chi connectivity index (χ2n) is 5.30. The molecule has 2 unspecified atom stereocenters. The van der Waals surface area contributed by atoms with Crippen LogP contribution in [-0.2, 0) is 9.59 Å². The normalized spacial score (nSPS) is 20.1. The van der Waals surface area contributed by atoms with E-state index in [0.717, 1.165) is 6.42 Å². The molecule has 3 N–H and O–H groups in total. The highest BCUT2D eigenvalue weighted by molar-refractivity contribution is 5.99. The summed E-state index contributed by atoms with van der Waals surface area (Å²) in [6, 6.07) is -0.298. The van der Waals surface area contributed by atoms with Crippen LogP contribution in [0.4, 0.5) is 0 Å². The molecule has 2 amide bonds. The van der Waals surface area contributed by atoms with Crippen molar-refractivity contribution in [2.24, 2.45) is 10.9 Å². The van der Waals surface area contributed by atoms with Crippen LogP contribution in [0.2, 0.25) is 0 Å². The summed E-state index contributed by atoms with van der Waals surface area (Å²) in [5, 5.41) is 8.48. The van der Waals surface area contributed by atoms with Crippen LogP contribution >= 0.6 is 0 Å². The highest BCUT2D eigenvalue weighted by Crippen LogP contribution is 2.03. The van der Waals surface area contributed by atoms with Gasteiger partial charge in [-0.2, -0.15) is 0 Å². The molecule has 6 nitrogen and oxygen atoms in total. The van der Waals surface area contributed by atoms with Crippen LogP contribution in [0.5, 0.6) is 0 Å². The molecule has 0 spiro atoms. The molecule has 0 radical (unpaired) electrons. The van der Waals surface area contributed by atoms with Crippen LogP contribution in [0.25, 0.3) is 0 Å². The lowest BCUT2D eigenvalue weighted by Crippen LogP contribution is -2.50. The second-order valence-corrected chi connectivity index (χ2v) is 5.30. The number of hydrogen-bond acceptors (Lipinski definition) is 4. The Hall–Kier alpha value is -1.43. The summed E-state index contributed by atoms with van der Waals surface area (Å²) in [4.78, 5) is 27.4. The third-order valence-electron chi connectivity index (χ3n) is 2.80. The molecule has 0 aliphatic carbocycles. The van der Waals surface area contributed by atoms with Crippen molar-refractivity contribution >= 4 is 18.0 Å². The summed E-state index contributed by atoms with van der Waals surface area (Å²) in [6.45, 7) is 7.57. The van der Waals surface area contributed by atoms with Gasteiger partial charge >= 0.3 is 0 Å². The molecule has 1 aliphatic rings. The van der Waals surface area contributed by atoms with Crippen molar-refractivity contribution in [2.75, 3.05) is 19.6 Å². The number of aliphatic imine (C=N–C) groups is 1. The molecule has 108 valence electrons. The van der Waals surface area contributed by atoms with E-state index in [1.807, 2.05) is 6.92 Å². The van der Waals surface area contributed by atoms with Crippen LogP contribution in [-0.4, -0.2) is 49.7 Å². The monoisotopic (exact) mass is 268 g/mol. The van der Waals surface area contributed by atoms with Gasteiger partial charge in [0.25, 0.3) is 0 Å². The van der Waals surface area contributed by atoms with Crippen molar-refractivity contribution in [1.82, 2.24) is 16.0 Å². The number of rotatable bonds is 6. The van der Waals surface area contributed by atoms with Crippen LogP contribution in [0, 0.1) is 5.92 Å². The third kappa shape index (κ3) is 6.33. The highest BCUT2D eigenvalue weighted by atomic mass is 16.2. The molecule has 2 atom stereocenters. The predicted octanol–water partition coefficient (Wildman–Crippen LogP) is -0.304. The first-order valence-corrected chi connectivity index (χ1v) is 6.79. The number of hydrogen-bond donors (Lipinski definition) is 3. The van der Waals surface area contributed by atoms with Gasteiger partial charge < -0.3 is 10.6 Å².